The van der Waals surface area contributed by atoms with E-state index in [9.17, 15) is 0 Å². The first-order valence-electron chi connectivity index (χ1n) is 7.10. The van der Waals surface area contributed by atoms with Gasteiger partial charge in [-0.25, -0.2) is 4.52 Å². The number of nitrogens with zero attached hydrogens (tertiary/aromatic N) is 4. The highest BCUT2D eigenvalue weighted by Crippen LogP contribution is 2.09. The minimum absolute atomic E-state index is 0.312. The van der Waals surface area contributed by atoms with Crippen LogP contribution < -0.4 is 5.32 Å². The third-order valence-corrected chi connectivity index (χ3v) is 3.50. The summed E-state index contributed by atoms with van der Waals surface area (Å²) in [5.41, 5.74) is 2.07. The molecule has 1 aliphatic heterocycles. The number of aryl methyl sites for hydroxylation is 1. The van der Waals surface area contributed by atoms with E-state index in [-0.39, 0.29) is 0 Å². The van der Waals surface area contributed by atoms with E-state index >= 15 is 0 Å². The molecule has 2 aromatic heterocycles. The van der Waals surface area contributed by atoms with Crippen molar-refractivity contribution in [2.75, 3.05) is 38.2 Å². The Morgan fingerprint density at radius 1 is 1.40 bits per heavy atom. The molecule has 20 heavy (non-hydrogen) atoms. The average Bonchev–Trinajstić information content (AvgIpc) is 2.80. The van der Waals surface area contributed by atoms with Crippen molar-refractivity contribution in [3.63, 3.8) is 0 Å². The standard InChI is InChI=1S/C14H21N5O/c1-11-3-4-19-13(9-11)16-14(17-19)15-12(2)10-18-5-7-20-8-6-18/h3-4,9,12H,5-8,10H2,1-2H3,(H,15,17). The van der Waals surface area contributed by atoms with E-state index < -0.39 is 0 Å². The third kappa shape index (κ3) is 3.08. The summed E-state index contributed by atoms with van der Waals surface area (Å²) < 4.78 is 7.16. The van der Waals surface area contributed by atoms with Crippen LogP contribution in [0.2, 0.25) is 0 Å². The van der Waals surface area contributed by atoms with Crippen LogP contribution in [0, 0.1) is 6.92 Å². The molecule has 0 aromatic carbocycles. The molecule has 0 saturated carbocycles. The van der Waals surface area contributed by atoms with Gasteiger partial charge >= 0.3 is 0 Å². The van der Waals surface area contributed by atoms with Gasteiger partial charge in [0.15, 0.2) is 5.65 Å². The highest BCUT2D eigenvalue weighted by atomic mass is 16.5. The van der Waals surface area contributed by atoms with E-state index in [4.69, 9.17) is 4.74 Å². The summed E-state index contributed by atoms with van der Waals surface area (Å²) in [4.78, 5) is 6.91. The lowest BCUT2D eigenvalue weighted by Crippen LogP contribution is -2.42. The maximum Gasteiger partial charge on any atom is 0.243 e. The number of ether oxygens (including phenoxy) is 1. The number of aromatic nitrogens is 3. The highest BCUT2D eigenvalue weighted by molar-refractivity contribution is 5.45. The van der Waals surface area contributed by atoms with Gasteiger partial charge in [-0.05, 0) is 31.5 Å². The Morgan fingerprint density at radius 2 is 2.20 bits per heavy atom. The van der Waals surface area contributed by atoms with Crippen LogP contribution in [0.15, 0.2) is 18.3 Å². The van der Waals surface area contributed by atoms with E-state index in [1.165, 1.54) is 5.56 Å². The molecular weight excluding hydrogens is 254 g/mol. The van der Waals surface area contributed by atoms with Crippen molar-refractivity contribution in [2.45, 2.75) is 19.9 Å². The molecule has 0 spiro atoms. The minimum Gasteiger partial charge on any atom is -0.379 e. The molecule has 3 heterocycles. The van der Waals surface area contributed by atoms with Crippen LogP contribution in [-0.4, -0.2) is 58.4 Å². The molecule has 1 saturated heterocycles. The van der Waals surface area contributed by atoms with E-state index in [0.29, 0.717) is 12.0 Å². The fourth-order valence-electron chi connectivity index (χ4n) is 2.48. The van der Waals surface area contributed by atoms with Gasteiger partial charge in [0.05, 0.1) is 13.2 Å². The van der Waals surface area contributed by atoms with Gasteiger partial charge < -0.3 is 10.1 Å². The number of hydrogen-bond acceptors (Lipinski definition) is 5. The van der Waals surface area contributed by atoms with Gasteiger partial charge in [-0.3, -0.25) is 4.90 Å². The van der Waals surface area contributed by atoms with Crippen LogP contribution in [0.1, 0.15) is 12.5 Å². The average molecular weight is 275 g/mol. The normalized spacial score (nSPS) is 18.3. The van der Waals surface area contributed by atoms with Crippen LogP contribution in [0.5, 0.6) is 0 Å². The predicted octanol–water partition coefficient (Wildman–Crippen LogP) is 1.17. The third-order valence-electron chi connectivity index (χ3n) is 3.50. The van der Waals surface area contributed by atoms with Crippen LogP contribution in [0.25, 0.3) is 5.65 Å². The van der Waals surface area contributed by atoms with Crippen LogP contribution in [-0.2, 0) is 4.74 Å². The monoisotopic (exact) mass is 275 g/mol. The number of anilines is 1. The maximum absolute atomic E-state index is 5.36. The largest absolute Gasteiger partial charge is 0.379 e. The van der Waals surface area contributed by atoms with Crippen molar-refractivity contribution in [1.29, 1.82) is 0 Å². The molecule has 1 fully saturated rings. The van der Waals surface area contributed by atoms with Crippen molar-refractivity contribution in [2.24, 2.45) is 0 Å². The number of rotatable bonds is 4. The first-order chi connectivity index (χ1) is 9.70. The molecule has 1 unspecified atom stereocenters. The molecule has 1 N–H and O–H groups in total. The van der Waals surface area contributed by atoms with Crippen molar-refractivity contribution in [3.05, 3.63) is 23.9 Å². The van der Waals surface area contributed by atoms with E-state index in [1.807, 2.05) is 18.3 Å². The molecule has 108 valence electrons. The summed E-state index contributed by atoms with van der Waals surface area (Å²) in [6.45, 7) is 8.87. The smallest absolute Gasteiger partial charge is 0.243 e. The molecule has 6 nitrogen and oxygen atoms in total. The van der Waals surface area contributed by atoms with Gasteiger partial charge in [-0.1, -0.05) is 0 Å². The molecule has 0 radical (unpaired) electrons. The zero-order chi connectivity index (χ0) is 13.9. The Bertz CT molecular complexity index is 576. The molecule has 3 rings (SSSR count). The number of pyridine rings is 1. The summed E-state index contributed by atoms with van der Waals surface area (Å²) in [6.07, 6.45) is 1.94. The van der Waals surface area contributed by atoms with Crippen molar-refractivity contribution in [3.8, 4) is 0 Å². The SMILES string of the molecule is Cc1ccn2nc(NC(C)CN3CCOCC3)nc2c1. The molecule has 0 amide bonds. The second-order valence-corrected chi connectivity index (χ2v) is 5.40. The van der Waals surface area contributed by atoms with E-state index in [1.54, 1.807) is 4.52 Å². The second-order valence-electron chi connectivity index (χ2n) is 5.40. The summed E-state index contributed by atoms with van der Waals surface area (Å²) in [7, 11) is 0. The van der Waals surface area contributed by atoms with Crippen molar-refractivity contribution >= 4 is 11.6 Å². The second kappa shape index (κ2) is 5.76. The number of morpholine rings is 1. The number of hydrogen-bond donors (Lipinski definition) is 1. The lowest BCUT2D eigenvalue weighted by Gasteiger charge is -2.29. The molecule has 0 aliphatic carbocycles. The molecule has 2 aromatic rings. The Morgan fingerprint density at radius 3 is 3.00 bits per heavy atom. The van der Waals surface area contributed by atoms with Crippen LogP contribution in [0.3, 0.4) is 0 Å². The lowest BCUT2D eigenvalue weighted by atomic mass is 10.3. The van der Waals surface area contributed by atoms with Gasteiger partial charge in [0, 0.05) is 31.9 Å². The van der Waals surface area contributed by atoms with E-state index in [0.717, 1.165) is 38.5 Å². The highest BCUT2D eigenvalue weighted by Gasteiger charge is 2.14. The Balaban J connectivity index is 1.63. The number of nitrogens with one attached hydrogen (secondary N) is 1. The summed E-state index contributed by atoms with van der Waals surface area (Å²) in [6, 6.07) is 4.37. The molecule has 0 bridgehead atoms. The minimum atomic E-state index is 0.312. The Kier molecular flexibility index (Phi) is 3.84. The molecular formula is C14H21N5O. The first-order valence-corrected chi connectivity index (χ1v) is 7.10. The fraction of sp³-hybridized carbons (Fsp3) is 0.571. The summed E-state index contributed by atoms with van der Waals surface area (Å²) in [5, 5.41) is 7.81. The maximum atomic E-state index is 5.36. The molecule has 6 heteroatoms. The first kappa shape index (κ1) is 13.3. The lowest BCUT2D eigenvalue weighted by molar-refractivity contribution is 0.0368. The van der Waals surface area contributed by atoms with Gasteiger partial charge in [-0.2, -0.15) is 4.98 Å². The summed E-state index contributed by atoms with van der Waals surface area (Å²) >= 11 is 0. The van der Waals surface area contributed by atoms with Crippen molar-refractivity contribution < 1.29 is 4.74 Å². The van der Waals surface area contributed by atoms with Crippen LogP contribution >= 0.6 is 0 Å². The molecule has 1 aliphatic rings. The Hall–Kier alpha value is -1.66. The molecule has 1 atom stereocenters. The zero-order valence-electron chi connectivity index (χ0n) is 12.0. The van der Waals surface area contributed by atoms with Crippen LogP contribution in [0.4, 0.5) is 5.95 Å². The van der Waals surface area contributed by atoms with Crippen molar-refractivity contribution in [1.82, 2.24) is 19.5 Å². The quantitative estimate of drug-likeness (QED) is 0.908. The van der Waals surface area contributed by atoms with Gasteiger partial charge in [0.25, 0.3) is 0 Å². The fourth-order valence-corrected chi connectivity index (χ4v) is 2.48. The Labute approximate surface area is 118 Å². The summed E-state index contributed by atoms with van der Waals surface area (Å²) in [5.74, 6) is 0.691. The number of fused-ring (bicyclic) bond motifs is 1. The van der Waals surface area contributed by atoms with Gasteiger partial charge in [-0.15, -0.1) is 5.10 Å². The zero-order valence-corrected chi connectivity index (χ0v) is 12.0. The topological polar surface area (TPSA) is 54.7 Å². The van der Waals surface area contributed by atoms with Gasteiger partial charge in [0.2, 0.25) is 5.95 Å². The predicted molar refractivity (Wildman–Crippen MR) is 78.1 cm³/mol. The van der Waals surface area contributed by atoms with E-state index in [2.05, 4.69) is 34.1 Å². The van der Waals surface area contributed by atoms with Gasteiger partial charge in [0.1, 0.15) is 0 Å².